The number of fused-ring (bicyclic) bond motifs is 1. The van der Waals surface area contributed by atoms with Crippen molar-refractivity contribution in [1.29, 1.82) is 0 Å². The average molecular weight is 472 g/mol. The number of hydrogen-bond acceptors (Lipinski definition) is 2. The minimum Gasteiger partial charge on any atom is -0.352 e. The molecule has 174 valence electrons. The number of aromatic nitrogens is 1. The van der Waals surface area contributed by atoms with Crippen LogP contribution >= 0.6 is 11.6 Å². The van der Waals surface area contributed by atoms with E-state index in [1.807, 2.05) is 42.5 Å². The Morgan fingerprint density at radius 3 is 2.32 bits per heavy atom. The van der Waals surface area contributed by atoms with Crippen LogP contribution in [0.2, 0.25) is 5.02 Å². The van der Waals surface area contributed by atoms with Gasteiger partial charge in [-0.2, -0.15) is 0 Å². The molecular formula is C29H30ClN3O. The summed E-state index contributed by atoms with van der Waals surface area (Å²) in [6.07, 6.45) is 1.80. The van der Waals surface area contributed by atoms with Crippen molar-refractivity contribution in [3.8, 4) is 0 Å². The van der Waals surface area contributed by atoms with Crippen molar-refractivity contribution in [3.63, 3.8) is 0 Å². The Kier molecular flexibility index (Phi) is 6.98. The number of halogens is 1. The molecule has 1 N–H and O–H groups in total. The summed E-state index contributed by atoms with van der Waals surface area (Å²) in [4.78, 5) is 15.2. The highest BCUT2D eigenvalue weighted by Gasteiger charge is 2.25. The van der Waals surface area contributed by atoms with E-state index in [4.69, 9.17) is 11.6 Å². The molecule has 34 heavy (non-hydrogen) atoms. The molecule has 3 aromatic carbocycles. The number of amides is 1. The van der Waals surface area contributed by atoms with Gasteiger partial charge >= 0.3 is 0 Å². The van der Waals surface area contributed by atoms with E-state index in [1.165, 1.54) is 22.2 Å². The summed E-state index contributed by atoms with van der Waals surface area (Å²) in [5.74, 6) is 0.278. The van der Waals surface area contributed by atoms with Gasteiger partial charge in [-0.1, -0.05) is 72.3 Å². The molecule has 5 rings (SSSR count). The molecule has 4 aromatic rings. The largest absolute Gasteiger partial charge is 0.352 e. The van der Waals surface area contributed by atoms with E-state index in [0.717, 1.165) is 49.6 Å². The molecule has 1 saturated heterocycles. The second-order valence-electron chi connectivity index (χ2n) is 9.16. The number of likely N-dealkylation sites (tertiary alicyclic amines) is 1. The fourth-order valence-electron chi connectivity index (χ4n) is 4.87. The highest BCUT2D eigenvalue weighted by molar-refractivity contribution is 6.30. The third kappa shape index (κ3) is 5.35. The molecule has 1 fully saturated rings. The molecule has 0 atom stereocenters. The highest BCUT2D eigenvalue weighted by Crippen LogP contribution is 2.25. The first kappa shape index (κ1) is 22.7. The zero-order valence-corrected chi connectivity index (χ0v) is 20.0. The van der Waals surface area contributed by atoms with E-state index in [1.54, 1.807) is 0 Å². The van der Waals surface area contributed by atoms with Crippen molar-refractivity contribution in [1.82, 2.24) is 14.8 Å². The Balaban J connectivity index is 1.23. The Hall–Kier alpha value is -3.08. The van der Waals surface area contributed by atoms with E-state index in [-0.39, 0.29) is 11.8 Å². The molecular weight excluding hydrogens is 442 g/mol. The van der Waals surface area contributed by atoms with Gasteiger partial charge in [0.2, 0.25) is 5.91 Å². The molecule has 0 radical (unpaired) electrons. The maximum absolute atomic E-state index is 12.7. The van der Waals surface area contributed by atoms with Crippen LogP contribution in [0, 0.1) is 5.92 Å². The first-order chi connectivity index (χ1) is 16.7. The molecule has 5 heteroatoms. The van der Waals surface area contributed by atoms with E-state index in [9.17, 15) is 4.79 Å². The summed E-state index contributed by atoms with van der Waals surface area (Å²) in [5.41, 5.74) is 4.94. The Labute approximate surface area is 206 Å². The minimum absolute atomic E-state index is 0.0971. The summed E-state index contributed by atoms with van der Waals surface area (Å²) >= 11 is 6.09. The quantitative estimate of drug-likeness (QED) is 0.366. The van der Waals surface area contributed by atoms with Crippen LogP contribution in [0.5, 0.6) is 0 Å². The number of rotatable bonds is 7. The fraction of sp³-hybridized carbons (Fsp3) is 0.276. The van der Waals surface area contributed by atoms with E-state index in [2.05, 4.69) is 57.2 Å². The van der Waals surface area contributed by atoms with Gasteiger partial charge in [0.05, 0.1) is 0 Å². The molecule has 1 aliphatic heterocycles. The smallest absolute Gasteiger partial charge is 0.223 e. The molecule has 0 aliphatic carbocycles. The molecule has 0 saturated carbocycles. The Bertz CT molecular complexity index is 1240. The third-order valence-electron chi connectivity index (χ3n) is 6.80. The lowest BCUT2D eigenvalue weighted by atomic mass is 9.95. The monoisotopic (exact) mass is 471 g/mol. The number of carbonyl (C=O) groups is 1. The lowest BCUT2D eigenvalue weighted by Gasteiger charge is -2.31. The van der Waals surface area contributed by atoms with Crippen LogP contribution in [0.25, 0.3) is 10.9 Å². The van der Waals surface area contributed by atoms with Crippen molar-refractivity contribution in [2.45, 2.75) is 32.5 Å². The summed E-state index contributed by atoms with van der Waals surface area (Å²) in [6, 6.07) is 29.1. The number of nitrogens with zero attached hydrogens (tertiary/aromatic N) is 2. The van der Waals surface area contributed by atoms with Gasteiger partial charge in [-0.25, -0.2) is 0 Å². The number of piperidine rings is 1. The average Bonchev–Trinajstić information content (AvgIpc) is 3.21. The number of carbonyl (C=O) groups excluding carboxylic acids is 1. The van der Waals surface area contributed by atoms with Crippen LogP contribution in [0.3, 0.4) is 0 Å². The number of nitrogens with one attached hydrogen (secondary N) is 1. The number of para-hydroxylation sites is 1. The molecule has 1 aliphatic rings. The zero-order chi connectivity index (χ0) is 23.3. The van der Waals surface area contributed by atoms with E-state index < -0.39 is 0 Å². The van der Waals surface area contributed by atoms with Crippen molar-refractivity contribution in [2.24, 2.45) is 5.92 Å². The van der Waals surface area contributed by atoms with Crippen molar-refractivity contribution in [2.75, 3.05) is 13.1 Å². The molecule has 1 aromatic heterocycles. The maximum Gasteiger partial charge on any atom is 0.223 e. The second kappa shape index (κ2) is 10.5. The van der Waals surface area contributed by atoms with Gasteiger partial charge in [-0.3, -0.25) is 9.69 Å². The lowest BCUT2D eigenvalue weighted by molar-refractivity contribution is -0.126. The maximum atomic E-state index is 12.7. The third-order valence-corrected chi connectivity index (χ3v) is 7.06. The molecule has 0 spiro atoms. The molecule has 1 amide bonds. The fourth-order valence-corrected chi connectivity index (χ4v) is 5.00. The SMILES string of the molecule is O=C(NCc1ccccc1)C1CCN(Cc2cc3ccccc3n2Cc2ccc(Cl)cc2)CC1. The van der Waals surface area contributed by atoms with Gasteiger partial charge in [0.1, 0.15) is 0 Å². The predicted molar refractivity (Wildman–Crippen MR) is 139 cm³/mol. The first-order valence-corrected chi connectivity index (χ1v) is 12.4. The first-order valence-electron chi connectivity index (χ1n) is 12.0. The number of hydrogen-bond donors (Lipinski definition) is 1. The highest BCUT2D eigenvalue weighted by atomic mass is 35.5. The Morgan fingerprint density at radius 1 is 0.853 bits per heavy atom. The van der Waals surface area contributed by atoms with Crippen molar-refractivity contribution < 1.29 is 4.79 Å². The van der Waals surface area contributed by atoms with Crippen LogP contribution < -0.4 is 5.32 Å². The van der Waals surface area contributed by atoms with Gasteiger partial charge in [0, 0.05) is 41.8 Å². The molecule has 4 nitrogen and oxygen atoms in total. The lowest BCUT2D eigenvalue weighted by Crippen LogP contribution is -2.40. The second-order valence-corrected chi connectivity index (χ2v) is 9.60. The Morgan fingerprint density at radius 2 is 1.56 bits per heavy atom. The van der Waals surface area contributed by atoms with Gasteiger partial charge < -0.3 is 9.88 Å². The van der Waals surface area contributed by atoms with Gasteiger partial charge in [0.15, 0.2) is 0 Å². The van der Waals surface area contributed by atoms with Crippen LogP contribution in [-0.2, 0) is 24.4 Å². The molecule has 2 heterocycles. The van der Waals surface area contributed by atoms with Crippen LogP contribution in [0.15, 0.2) is 84.9 Å². The van der Waals surface area contributed by atoms with Crippen LogP contribution in [0.4, 0.5) is 0 Å². The van der Waals surface area contributed by atoms with Gasteiger partial charge in [-0.05, 0) is 66.7 Å². The van der Waals surface area contributed by atoms with Gasteiger partial charge in [-0.15, -0.1) is 0 Å². The summed E-state index contributed by atoms with van der Waals surface area (Å²) in [5, 5.41) is 5.15. The van der Waals surface area contributed by atoms with E-state index in [0.29, 0.717) is 6.54 Å². The van der Waals surface area contributed by atoms with Crippen molar-refractivity contribution in [3.05, 3.63) is 107 Å². The zero-order valence-electron chi connectivity index (χ0n) is 19.3. The summed E-state index contributed by atoms with van der Waals surface area (Å²) in [6.45, 7) is 4.18. The number of benzene rings is 3. The predicted octanol–water partition coefficient (Wildman–Crippen LogP) is 5.87. The minimum atomic E-state index is 0.0971. The summed E-state index contributed by atoms with van der Waals surface area (Å²) in [7, 11) is 0. The molecule has 0 bridgehead atoms. The normalized spacial score (nSPS) is 15.0. The van der Waals surface area contributed by atoms with Crippen LogP contribution in [0.1, 0.15) is 29.7 Å². The van der Waals surface area contributed by atoms with Crippen molar-refractivity contribution >= 4 is 28.4 Å². The van der Waals surface area contributed by atoms with E-state index >= 15 is 0 Å². The summed E-state index contributed by atoms with van der Waals surface area (Å²) < 4.78 is 2.41. The standard InChI is InChI=1S/C29H30ClN3O/c30-26-12-10-23(11-13-26)20-33-27(18-25-8-4-5-9-28(25)33)21-32-16-14-24(15-17-32)29(34)31-19-22-6-2-1-3-7-22/h1-13,18,24H,14-17,19-21H2,(H,31,34). The van der Waals surface area contributed by atoms with Gasteiger partial charge in [0.25, 0.3) is 0 Å². The van der Waals surface area contributed by atoms with Crippen LogP contribution in [-0.4, -0.2) is 28.5 Å². The molecule has 0 unspecified atom stereocenters. The topological polar surface area (TPSA) is 37.3 Å².